The predicted molar refractivity (Wildman–Crippen MR) is 266 cm³/mol. The zero-order valence-electron chi connectivity index (χ0n) is 41.6. The number of carbonyl (C=O) groups excluding carboxylic acids is 3. The van der Waals surface area contributed by atoms with Gasteiger partial charge in [0, 0.05) is 44.6 Å². The third-order valence-electron chi connectivity index (χ3n) is 12.2. The summed E-state index contributed by atoms with van der Waals surface area (Å²) in [5.74, 6) is -3.96. The summed E-state index contributed by atoms with van der Waals surface area (Å²) < 4.78 is 28.2. The van der Waals surface area contributed by atoms with Crippen molar-refractivity contribution >= 4 is 18.0 Å². The van der Waals surface area contributed by atoms with E-state index in [4.69, 9.17) is 35.2 Å². The minimum absolute atomic E-state index is 0.0295. The number of hydrogen-bond donors (Lipinski definition) is 14. The van der Waals surface area contributed by atoms with E-state index in [1.807, 2.05) is 6.92 Å². The monoisotopic (exact) mass is 1040 g/mol. The Balaban J connectivity index is 1.92. The number of nitrogens with one attached hydrogen (secondary N) is 2. The van der Waals surface area contributed by atoms with Crippen molar-refractivity contribution in [3.8, 4) is 0 Å². The first-order valence-electron chi connectivity index (χ1n) is 24.6. The van der Waals surface area contributed by atoms with Crippen LogP contribution in [-0.4, -0.2) is 186 Å². The minimum Gasteiger partial charge on any atom is -0.462 e. The highest BCUT2D eigenvalue weighted by molar-refractivity contribution is 5.76. The van der Waals surface area contributed by atoms with Crippen molar-refractivity contribution in [2.75, 3.05) is 13.2 Å². The van der Waals surface area contributed by atoms with Gasteiger partial charge in [-0.1, -0.05) is 105 Å². The number of ether oxygens (including phenoxy) is 5. The fourth-order valence-corrected chi connectivity index (χ4v) is 8.16. The third kappa shape index (κ3) is 23.7. The van der Waals surface area contributed by atoms with Crippen LogP contribution < -0.4 is 22.1 Å². The molecule has 2 bridgehead atoms. The zero-order chi connectivity index (χ0) is 54.1. The van der Waals surface area contributed by atoms with E-state index in [-0.39, 0.29) is 57.6 Å². The number of esters is 2. The lowest BCUT2D eigenvalue weighted by atomic mass is 9.87. The maximum Gasteiger partial charge on any atom is 0.315 e. The van der Waals surface area contributed by atoms with Crippen molar-refractivity contribution in [3.05, 3.63) is 97.7 Å². The molecule has 0 aromatic rings. The number of hydrogen-bond acceptors (Lipinski definition) is 20. The molecule has 22 heteroatoms. The quantitative estimate of drug-likeness (QED) is 0.107. The molecule has 14 unspecified atom stereocenters. The van der Waals surface area contributed by atoms with Gasteiger partial charge in [-0.25, -0.2) is 4.79 Å². The number of aliphatic hydroxyl groups is 10. The van der Waals surface area contributed by atoms with Gasteiger partial charge in [-0.3, -0.25) is 9.59 Å². The van der Waals surface area contributed by atoms with Crippen LogP contribution in [0, 0.1) is 5.92 Å². The fourth-order valence-electron chi connectivity index (χ4n) is 8.16. The molecule has 22 nitrogen and oxygen atoms in total. The number of fused-ring (bicyclic) bond motifs is 2. The van der Waals surface area contributed by atoms with Gasteiger partial charge in [0.1, 0.15) is 31.1 Å². The molecule has 0 saturated carbocycles. The van der Waals surface area contributed by atoms with Crippen LogP contribution in [0.2, 0.25) is 0 Å². The van der Waals surface area contributed by atoms with E-state index in [2.05, 4.69) is 17.2 Å². The van der Waals surface area contributed by atoms with Gasteiger partial charge in [-0.15, -0.1) is 0 Å². The first-order chi connectivity index (χ1) is 34.6. The molecule has 3 heterocycles. The van der Waals surface area contributed by atoms with Crippen molar-refractivity contribution in [3.63, 3.8) is 0 Å². The largest absolute Gasteiger partial charge is 0.462 e. The smallest absolute Gasteiger partial charge is 0.315 e. The molecule has 3 rings (SSSR count). The number of aliphatic hydroxyl groups excluding tert-OH is 9. The highest BCUT2D eigenvalue weighted by Crippen LogP contribution is 2.35. The Morgan fingerprint density at radius 1 is 0.753 bits per heavy atom. The number of cyclic esters (lactones) is 1. The molecule has 2 fully saturated rings. The molecule has 2 amide bonds. The standard InChI is InChI=1S/C51H80N4O18/c1-4-23-69-42(63)21-22-54-50(67)55-45-40(62)30-51(68)29-35(58)26-39(61)37(59)20-19-33(56)25-34(57)27-43(64)70-32(3)24-38(60)31(2)17-15-13-11-9-7-5-6-8-10-12-14-16-18-36(28-41(45)73-51)71-49-47(66)44(52)46(65)48(53)72-49/h4-18,31-41,44-49,56-62,65-66,68H,1,19-30,52-53H2,2-3H3,(H2,54,55,67)/b6-5-,9-7-,10-8-,13-11-,14-12-,17-15-,18-16-/t31-,32-,33?,34?,35?,36?,37?,38?,39?,40-,41-,44?,45?,46?,47?,48?,49?,51?/m0/s1. The van der Waals surface area contributed by atoms with Gasteiger partial charge in [0.05, 0.1) is 79.9 Å². The van der Waals surface area contributed by atoms with Gasteiger partial charge in [0.15, 0.2) is 12.1 Å². The topological polar surface area (TPSA) is 376 Å². The van der Waals surface area contributed by atoms with Crippen LogP contribution >= 0.6 is 0 Å². The lowest BCUT2D eigenvalue weighted by Gasteiger charge is -2.46. The van der Waals surface area contributed by atoms with Gasteiger partial charge in [-0.05, 0) is 26.2 Å². The van der Waals surface area contributed by atoms with E-state index < -0.39 is 147 Å². The number of allylic oxidation sites excluding steroid dienone is 12. The summed E-state index contributed by atoms with van der Waals surface area (Å²) in [6.07, 6.45) is 3.88. The maximum atomic E-state index is 13.2. The number of nitrogens with two attached hydrogens (primary N) is 2. The van der Waals surface area contributed by atoms with Crippen molar-refractivity contribution in [2.45, 2.75) is 182 Å². The molecule has 0 radical (unpaired) electrons. The zero-order valence-corrected chi connectivity index (χ0v) is 41.6. The van der Waals surface area contributed by atoms with Gasteiger partial charge in [-0.2, -0.15) is 0 Å². The summed E-state index contributed by atoms with van der Waals surface area (Å²) in [6, 6.07) is -3.42. The Labute approximate surface area is 426 Å². The molecule has 0 aromatic carbocycles. The number of carbonyl (C=O) groups is 3. The summed E-state index contributed by atoms with van der Waals surface area (Å²) in [4.78, 5) is 37.7. The van der Waals surface area contributed by atoms with Crippen molar-refractivity contribution in [1.82, 2.24) is 10.6 Å². The second-order valence-corrected chi connectivity index (χ2v) is 18.7. The second kappa shape index (κ2) is 32.8. The van der Waals surface area contributed by atoms with Crippen molar-refractivity contribution < 1.29 is 89.1 Å². The summed E-state index contributed by atoms with van der Waals surface area (Å²) in [6.45, 7) is 6.71. The average molecular weight is 1040 g/mol. The van der Waals surface area contributed by atoms with Gasteiger partial charge >= 0.3 is 18.0 Å². The minimum atomic E-state index is -2.33. The first kappa shape index (κ1) is 62.8. The van der Waals surface area contributed by atoms with E-state index in [0.717, 1.165) is 0 Å². The molecule has 73 heavy (non-hydrogen) atoms. The van der Waals surface area contributed by atoms with Crippen LogP contribution in [0.15, 0.2) is 97.7 Å². The lowest BCUT2D eigenvalue weighted by Crippen LogP contribution is -2.65. The normalized spacial score (nSPS) is 40.5. The summed E-state index contributed by atoms with van der Waals surface area (Å²) >= 11 is 0. The number of rotatable bonds is 8. The van der Waals surface area contributed by atoms with E-state index in [1.54, 1.807) is 85.9 Å². The van der Waals surface area contributed by atoms with Crippen LogP contribution in [0.25, 0.3) is 0 Å². The van der Waals surface area contributed by atoms with Crippen LogP contribution in [-0.2, 0) is 33.3 Å². The highest BCUT2D eigenvalue weighted by Gasteiger charge is 2.49. The van der Waals surface area contributed by atoms with E-state index in [0.29, 0.717) is 0 Å². The number of urea groups is 1. The molecule has 412 valence electrons. The summed E-state index contributed by atoms with van der Waals surface area (Å²) in [5, 5.41) is 114. The van der Waals surface area contributed by atoms with Gasteiger partial charge in [0.25, 0.3) is 0 Å². The Kier molecular flexibility index (Phi) is 28.2. The van der Waals surface area contributed by atoms with Gasteiger partial charge < -0.3 is 96.9 Å². The predicted octanol–water partition coefficient (Wildman–Crippen LogP) is -0.552. The highest BCUT2D eigenvalue weighted by atomic mass is 16.7. The molecular formula is C51H80N4O18. The van der Waals surface area contributed by atoms with Gasteiger partial charge in [0.2, 0.25) is 0 Å². The van der Waals surface area contributed by atoms with E-state index in [9.17, 15) is 65.4 Å². The van der Waals surface area contributed by atoms with E-state index >= 15 is 0 Å². The Morgan fingerprint density at radius 2 is 1.37 bits per heavy atom. The van der Waals surface area contributed by atoms with Crippen molar-refractivity contribution in [1.29, 1.82) is 0 Å². The lowest BCUT2D eigenvalue weighted by molar-refractivity contribution is -0.303. The van der Waals surface area contributed by atoms with Crippen molar-refractivity contribution in [2.24, 2.45) is 17.4 Å². The fraction of sp³-hybridized carbons (Fsp3) is 0.627. The SMILES string of the molecule is C=CCOC(=O)CCNC(=O)NC1[C@@H]2CC(OC3OC(N)C(O)C(N)C3O)\C=C/C=C\C=C/C=C\C=C/C=C\C=C/[C@H](C)C(O)C[C@H](C)OC(=O)CC(O)CC(O)CCC(O)C(O)CC(O)CC(O)(C[C@@H]1O)O2. The molecule has 2 saturated heterocycles. The Bertz CT molecular complexity index is 1900. The molecule has 0 spiro atoms. The second-order valence-electron chi connectivity index (χ2n) is 18.7. The number of amides is 2. The molecule has 3 aliphatic rings. The molecule has 16 N–H and O–H groups in total. The Morgan fingerprint density at radius 3 is 2.00 bits per heavy atom. The molecule has 18 atom stereocenters. The maximum absolute atomic E-state index is 13.2. The average Bonchev–Trinajstić information content (AvgIpc) is 3.31. The van der Waals surface area contributed by atoms with Crippen LogP contribution in [0.4, 0.5) is 4.79 Å². The third-order valence-corrected chi connectivity index (χ3v) is 12.2. The molecule has 3 aliphatic heterocycles. The molecule has 0 aromatic heterocycles. The van der Waals surface area contributed by atoms with Crippen LogP contribution in [0.5, 0.6) is 0 Å². The first-order valence-corrected chi connectivity index (χ1v) is 24.6. The molecule has 0 aliphatic carbocycles. The molecular weight excluding hydrogens is 957 g/mol. The van der Waals surface area contributed by atoms with Crippen LogP contribution in [0.3, 0.4) is 0 Å². The van der Waals surface area contributed by atoms with E-state index in [1.165, 1.54) is 12.2 Å². The summed E-state index contributed by atoms with van der Waals surface area (Å²) in [5.41, 5.74) is 12.0. The summed E-state index contributed by atoms with van der Waals surface area (Å²) in [7, 11) is 0. The van der Waals surface area contributed by atoms with Crippen LogP contribution in [0.1, 0.15) is 78.1 Å². The Hall–Kier alpha value is -4.47.